The summed E-state index contributed by atoms with van der Waals surface area (Å²) in [5.74, 6) is 1.46. The number of halogens is 1. The lowest BCUT2D eigenvalue weighted by molar-refractivity contribution is -0.118. The summed E-state index contributed by atoms with van der Waals surface area (Å²) >= 11 is 3.54. The van der Waals surface area contributed by atoms with E-state index in [4.69, 9.17) is 4.74 Å². The maximum Gasteiger partial charge on any atom is 0.230 e. The highest BCUT2D eigenvalue weighted by atomic mass is 79.9. The van der Waals surface area contributed by atoms with E-state index >= 15 is 0 Å². The lowest BCUT2D eigenvalue weighted by Crippen LogP contribution is -2.25. The minimum absolute atomic E-state index is 0.0994. The molecule has 0 bridgehead atoms. The Labute approximate surface area is 116 Å². The molecule has 1 aromatic rings. The SMILES string of the molecule is CC(C)Cc1cc(Br)c2c(c1)N(C)C(=O)CCO2. The zero-order valence-corrected chi connectivity index (χ0v) is 12.6. The van der Waals surface area contributed by atoms with Crippen molar-refractivity contribution in [3.05, 3.63) is 22.2 Å². The van der Waals surface area contributed by atoms with Gasteiger partial charge in [-0.05, 0) is 46.0 Å². The molecule has 4 heteroatoms. The van der Waals surface area contributed by atoms with Gasteiger partial charge in [0.2, 0.25) is 5.91 Å². The Morgan fingerprint density at radius 2 is 2.17 bits per heavy atom. The lowest BCUT2D eigenvalue weighted by Gasteiger charge is -2.19. The van der Waals surface area contributed by atoms with E-state index in [0.29, 0.717) is 18.9 Å². The molecular formula is C14H18BrNO2. The zero-order valence-electron chi connectivity index (χ0n) is 11.0. The van der Waals surface area contributed by atoms with E-state index in [2.05, 4.69) is 41.9 Å². The van der Waals surface area contributed by atoms with E-state index in [0.717, 1.165) is 22.3 Å². The van der Waals surface area contributed by atoms with Gasteiger partial charge in [-0.25, -0.2) is 0 Å². The predicted octanol–water partition coefficient (Wildman–Crippen LogP) is 3.39. The molecule has 0 N–H and O–H groups in total. The molecule has 0 aromatic heterocycles. The van der Waals surface area contributed by atoms with Gasteiger partial charge in [-0.3, -0.25) is 4.79 Å². The summed E-state index contributed by atoms with van der Waals surface area (Å²) in [6.45, 7) is 4.81. The molecule has 1 aliphatic heterocycles. The van der Waals surface area contributed by atoms with Crippen LogP contribution in [-0.4, -0.2) is 19.6 Å². The summed E-state index contributed by atoms with van der Waals surface area (Å²) in [5, 5.41) is 0. The Morgan fingerprint density at radius 3 is 2.83 bits per heavy atom. The maximum absolute atomic E-state index is 11.9. The van der Waals surface area contributed by atoms with Crippen LogP contribution in [0.3, 0.4) is 0 Å². The number of nitrogens with zero attached hydrogens (tertiary/aromatic N) is 1. The summed E-state index contributed by atoms with van der Waals surface area (Å²) in [4.78, 5) is 13.5. The number of hydrogen-bond acceptors (Lipinski definition) is 2. The molecule has 0 fully saturated rings. The van der Waals surface area contributed by atoms with Crippen molar-refractivity contribution in [2.75, 3.05) is 18.6 Å². The smallest absolute Gasteiger partial charge is 0.230 e. The second kappa shape index (κ2) is 5.31. The van der Waals surface area contributed by atoms with E-state index in [1.807, 2.05) is 0 Å². The Morgan fingerprint density at radius 1 is 1.44 bits per heavy atom. The highest BCUT2D eigenvalue weighted by molar-refractivity contribution is 9.10. The van der Waals surface area contributed by atoms with E-state index in [1.165, 1.54) is 5.56 Å². The van der Waals surface area contributed by atoms with Crippen molar-refractivity contribution in [1.29, 1.82) is 0 Å². The number of anilines is 1. The first-order valence-electron chi connectivity index (χ1n) is 6.21. The first-order valence-corrected chi connectivity index (χ1v) is 7.00. The second-order valence-corrected chi connectivity index (χ2v) is 5.93. The Balaban J connectivity index is 2.45. The number of fused-ring (bicyclic) bond motifs is 1. The third-order valence-corrected chi connectivity index (χ3v) is 3.61. The van der Waals surface area contributed by atoms with Gasteiger partial charge in [0.15, 0.2) is 5.75 Å². The molecule has 2 rings (SSSR count). The normalized spacial score (nSPS) is 15.4. The minimum Gasteiger partial charge on any atom is -0.490 e. The predicted molar refractivity (Wildman–Crippen MR) is 76.2 cm³/mol. The molecule has 0 saturated carbocycles. The summed E-state index contributed by atoms with van der Waals surface area (Å²) in [5.41, 5.74) is 2.09. The Bertz CT molecular complexity index is 471. The van der Waals surface area contributed by atoms with Gasteiger partial charge in [0.1, 0.15) is 0 Å². The van der Waals surface area contributed by atoms with Gasteiger partial charge >= 0.3 is 0 Å². The highest BCUT2D eigenvalue weighted by Gasteiger charge is 2.22. The highest BCUT2D eigenvalue weighted by Crippen LogP contribution is 2.39. The van der Waals surface area contributed by atoms with Crippen molar-refractivity contribution in [3.8, 4) is 5.75 Å². The number of amides is 1. The summed E-state index contributed by atoms with van der Waals surface area (Å²) < 4.78 is 6.60. The van der Waals surface area contributed by atoms with E-state index in [1.54, 1.807) is 11.9 Å². The number of ether oxygens (including phenoxy) is 1. The number of rotatable bonds is 2. The van der Waals surface area contributed by atoms with Crippen LogP contribution in [0.5, 0.6) is 5.75 Å². The molecule has 0 saturated heterocycles. The standard InChI is InChI=1S/C14H18BrNO2/c1-9(2)6-10-7-11(15)14-12(8-10)16(3)13(17)4-5-18-14/h7-9H,4-6H2,1-3H3. The van der Waals surface area contributed by atoms with E-state index in [9.17, 15) is 4.79 Å². The molecule has 1 heterocycles. The number of carbonyl (C=O) groups excluding carboxylic acids is 1. The van der Waals surface area contributed by atoms with Gasteiger partial charge in [-0.1, -0.05) is 13.8 Å². The van der Waals surface area contributed by atoms with Crippen LogP contribution in [-0.2, 0) is 11.2 Å². The Kier molecular flexibility index (Phi) is 3.95. The molecule has 0 aliphatic carbocycles. The summed E-state index contributed by atoms with van der Waals surface area (Å²) in [7, 11) is 1.81. The van der Waals surface area contributed by atoms with Crippen LogP contribution in [0, 0.1) is 5.92 Å². The zero-order chi connectivity index (χ0) is 13.3. The first-order chi connectivity index (χ1) is 8.49. The van der Waals surface area contributed by atoms with Crippen molar-refractivity contribution >= 4 is 27.5 Å². The fourth-order valence-corrected chi connectivity index (χ4v) is 2.77. The molecule has 98 valence electrons. The average molecular weight is 312 g/mol. The van der Waals surface area contributed by atoms with Crippen LogP contribution >= 0.6 is 15.9 Å². The lowest BCUT2D eigenvalue weighted by atomic mass is 10.0. The molecule has 18 heavy (non-hydrogen) atoms. The molecule has 1 aromatic carbocycles. The molecule has 0 radical (unpaired) electrons. The van der Waals surface area contributed by atoms with Crippen molar-refractivity contribution < 1.29 is 9.53 Å². The van der Waals surface area contributed by atoms with Crippen LogP contribution in [0.2, 0.25) is 0 Å². The summed E-state index contributed by atoms with van der Waals surface area (Å²) in [6, 6.07) is 4.14. The van der Waals surface area contributed by atoms with Crippen LogP contribution < -0.4 is 9.64 Å². The molecule has 0 spiro atoms. The van der Waals surface area contributed by atoms with Crippen molar-refractivity contribution in [2.24, 2.45) is 5.92 Å². The van der Waals surface area contributed by atoms with Crippen LogP contribution in [0.25, 0.3) is 0 Å². The van der Waals surface area contributed by atoms with Gasteiger partial charge in [0, 0.05) is 7.05 Å². The summed E-state index contributed by atoms with van der Waals surface area (Å²) in [6.07, 6.45) is 1.42. The number of carbonyl (C=O) groups is 1. The van der Waals surface area contributed by atoms with Gasteiger partial charge in [-0.15, -0.1) is 0 Å². The third-order valence-electron chi connectivity index (χ3n) is 3.03. The van der Waals surface area contributed by atoms with Crippen molar-refractivity contribution in [3.63, 3.8) is 0 Å². The Hall–Kier alpha value is -1.03. The second-order valence-electron chi connectivity index (χ2n) is 5.08. The molecule has 0 atom stereocenters. The van der Waals surface area contributed by atoms with E-state index < -0.39 is 0 Å². The van der Waals surface area contributed by atoms with Gasteiger partial charge in [0.25, 0.3) is 0 Å². The third kappa shape index (κ3) is 2.69. The van der Waals surface area contributed by atoms with Crippen molar-refractivity contribution in [2.45, 2.75) is 26.7 Å². The molecule has 0 unspecified atom stereocenters. The van der Waals surface area contributed by atoms with Crippen molar-refractivity contribution in [1.82, 2.24) is 0 Å². The minimum atomic E-state index is 0.0994. The topological polar surface area (TPSA) is 29.5 Å². The van der Waals surface area contributed by atoms with Gasteiger partial charge < -0.3 is 9.64 Å². The van der Waals surface area contributed by atoms with Gasteiger partial charge in [-0.2, -0.15) is 0 Å². The average Bonchev–Trinajstić information content (AvgIpc) is 2.41. The quantitative estimate of drug-likeness (QED) is 0.838. The number of benzene rings is 1. The first kappa shape index (κ1) is 13.4. The number of hydrogen-bond donors (Lipinski definition) is 0. The van der Waals surface area contributed by atoms with E-state index in [-0.39, 0.29) is 5.91 Å². The van der Waals surface area contributed by atoms with Crippen LogP contribution in [0.4, 0.5) is 5.69 Å². The molecule has 3 nitrogen and oxygen atoms in total. The fourth-order valence-electron chi connectivity index (χ4n) is 2.16. The fraction of sp³-hybridized carbons (Fsp3) is 0.500. The van der Waals surface area contributed by atoms with Crippen LogP contribution in [0.1, 0.15) is 25.8 Å². The maximum atomic E-state index is 11.9. The van der Waals surface area contributed by atoms with Crippen LogP contribution in [0.15, 0.2) is 16.6 Å². The molecule has 1 amide bonds. The van der Waals surface area contributed by atoms with Gasteiger partial charge in [0.05, 0.1) is 23.2 Å². The monoisotopic (exact) mass is 311 g/mol. The molecule has 1 aliphatic rings. The largest absolute Gasteiger partial charge is 0.490 e. The molecular weight excluding hydrogens is 294 g/mol.